The van der Waals surface area contributed by atoms with Gasteiger partial charge in [-0.3, -0.25) is 0 Å². The van der Waals surface area contributed by atoms with E-state index in [-0.39, 0.29) is 0 Å². The van der Waals surface area contributed by atoms with E-state index >= 15 is 0 Å². The Balaban J connectivity index is 2.48. The van der Waals surface area contributed by atoms with E-state index in [1.165, 1.54) is 6.92 Å². The van der Waals surface area contributed by atoms with Crippen molar-refractivity contribution in [2.24, 2.45) is 0 Å². The second-order valence-electron chi connectivity index (χ2n) is 4.78. The van der Waals surface area contributed by atoms with E-state index in [0.717, 1.165) is 5.56 Å². The van der Waals surface area contributed by atoms with E-state index in [2.05, 4.69) is 5.32 Å². The zero-order valence-electron chi connectivity index (χ0n) is 11.4. The molecule has 4 nitrogen and oxygen atoms in total. The first-order chi connectivity index (χ1) is 9.69. The van der Waals surface area contributed by atoms with E-state index in [9.17, 15) is 18.0 Å². The minimum Gasteiger partial charge on any atom is -0.476 e. The highest BCUT2D eigenvalue weighted by Crippen LogP contribution is 2.41. The maximum atomic E-state index is 12.9. The third-order valence-corrected chi connectivity index (χ3v) is 3.28. The molecule has 1 aromatic rings. The number of benzene rings is 1. The molecule has 0 spiro atoms. The van der Waals surface area contributed by atoms with Gasteiger partial charge >= 0.3 is 12.1 Å². The van der Waals surface area contributed by atoms with Crippen LogP contribution in [0, 0.1) is 0 Å². The summed E-state index contributed by atoms with van der Waals surface area (Å²) in [5, 5.41) is 11.3. The molecule has 2 N–H and O–H groups in total. The van der Waals surface area contributed by atoms with E-state index in [1.54, 1.807) is 24.3 Å². The molecule has 0 saturated heterocycles. The molecule has 1 aromatic carbocycles. The van der Waals surface area contributed by atoms with E-state index in [4.69, 9.17) is 9.84 Å². The van der Waals surface area contributed by atoms with Gasteiger partial charge < -0.3 is 15.2 Å². The number of carbonyl (C=O) groups is 1. The maximum absolute atomic E-state index is 12.9. The van der Waals surface area contributed by atoms with E-state index in [0.29, 0.717) is 12.0 Å². The highest BCUT2D eigenvalue weighted by molar-refractivity contribution is 5.87. The van der Waals surface area contributed by atoms with Crippen molar-refractivity contribution in [2.45, 2.75) is 32.2 Å². The molecule has 1 aliphatic heterocycles. The van der Waals surface area contributed by atoms with Crippen molar-refractivity contribution in [2.75, 3.05) is 0 Å². The predicted molar refractivity (Wildman–Crippen MR) is 68.1 cm³/mol. The molecule has 7 heteroatoms. The fraction of sp³-hybridized carbons (Fsp3) is 0.357. The molecule has 0 aliphatic carbocycles. The fourth-order valence-corrected chi connectivity index (χ4v) is 2.34. The third-order valence-electron chi connectivity index (χ3n) is 3.28. The first-order valence-corrected chi connectivity index (χ1v) is 6.29. The molecular weight excluding hydrogens is 287 g/mol. The lowest BCUT2D eigenvalue weighted by Crippen LogP contribution is -2.38. The van der Waals surface area contributed by atoms with Crippen LogP contribution in [0.4, 0.5) is 13.2 Å². The Bertz CT molecular complexity index is 610. The Labute approximate surface area is 119 Å². The molecule has 0 bridgehead atoms. The van der Waals surface area contributed by atoms with Crippen molar-refractivity contribution in [1.29, 1.82) is 0 Å². The van der Waals surface area contributed by atoms with Crippen LogP contribution in [-0.2, 0) is 21.7 Å². The molecule has 114 valence electrons. The normalized spacial score (nSPS) is 22.0. The van der Waals surface area contributed by atoms with Gasteiger partial charge in [0.05, 0.1) is 0 Å². The molecule has 0 saturated carbocycles. The van der Waals surface area contributed by atoms with Crippen molar-refractivity contribution in [1.82, 2.24) is 5.32 Å². The Morgan fingerprint density at radius 1 is 1.38 bits per heavy atom. The third kappa shape index (κ3) is 2.68. The predicted octanol–water partition coefficient (Wildman–Crippen LogP) is 2.90. The van der Waals surface area contributed by atoms with Crippen LogP contribution in [0.3, 0.4) is 0 Å². The monoisotopic (exact) mass is 301 g/mol. The number of halogens is 3. The quantitative estimate of drug-likeness (QED) is 0.901. The van der Waals surface area contributed by atoms with Gasteiger partial charge in [0.2, 0.25) is 11.5 Å². The van der Waals surface area contributed by atoms with Crippen LogP contribution in [-0.4, -0.2) is 17.3 Å². The number of carboxylic acid groups (broad SMARTS) is 1. The van der Waals surface area contributed by atoms with Crippen LogP contribution in [0.2, 0.25) is 0 Å². The van der Waals surface area contributed by atoms with Crippen molar-refractivity contribution < 1.29 is 27.8 Å². The number of carboxylic acids is 1. The summed E-state index contributed by atoms with van der Waals surface area (Å²) in [6, 6.07) is 6.80. The van der Waals surface area contributed by atoms with Gasteiger partial charge in [0.15, 0.2) is 5.70 Å². The van der Waals surface area contributed by atoms with Gasteiger partial charge in [0.25, 0.3) is 0 Å². The number of allylic oxidation sites excluding steroid dienone is 1. The molecule has 1 aliphatic rings. The number of nitrogens with one attached hydrogen (secondary N) is 1. The van der Waals surface area contributed by atoms with Crippen LogP contribution in [0.15, 0.2) is 35.7 Å². The van der Waals surface area contributed by atoms with Crippen molar-refractivity contribution in [3.63, 3.8) is 0 Å². The molecule has 0 fully saturated rings. The standard InChI is InChI=1S/C14H14F3NO3/c1-3-8-6-4-5-7-9(8)13(2)18-10(12(19)20)11(21-13)14(15,16)17/h4-7,18H,3H2,1-2H3,(H,19,20). The van der Waals surface area contributed by atoms with Crippen molar-refractivity contribution in [3.05, 3.63) is 46.8 Å². The number of aliphatic carboxylic acids is 1. The smallest absolute Gasteiger partial charge is 0.451 e. The minimum atomic E-state index is -4.88. The summed E-state index contributed by atoms with van der Waals surface area (Å²) in [6.07, 6.45) is -4.29. The summed E-state index contributed by atoms with van der Waals surface area (Å²) in [7, 11) is 0. The van der Waals surface area contributed by atoms with Gasteiger partial charge in [0.1, 0.15) is 0 Å². The molecule has 2 rings (SSSR count). The topological polar surface area (TPSA) is 58.6 Å². The summed E-state index contributed by atoms with van der Waals surface area (Å²) in [4.78, 5) is 11.0. The minimum absolute atomic E-state index is 0.477. The Morgan fingerprint density at radius 3 is 2.48 bits per heavy atom. The van der Waals surface area contributed by atoms with Crippen molar-refractivity contribution >= 4 is 5.97 Å². The highest BCUT2D eigenvalue weighted by atomic mass is 19.4. The zero-order chi connectivity index (χ0) is 15.8. The van der Waals surface area contributed by atoms with Crippen LogP contribution in [0.5, 0.6) is 0 Å². The number of ether oxygens (including phenoxy) is 1. The first-order valence-electron chi connectivity index (χ1n) is 6.29. The number of alkyl halides is 3. The lowest BCUT2D eigenvalue weighted by molar-refractivity contribution is -0.150. The number of aryl methyl sites for hydroxylation is 1. The summed E-state index contributed by atoms with van der Waals surface area (Å²) in [5.74, 6) is -3.22. The lowest BCUT2D eigenvalue weighted by atomic mass is 9.97. The second kappa shape index (κ2) is 4.98. The molecular formula is C14H14F3NO3. The molecule has 1 unspecified atom stereocenters. The Kier molecular flexibility index (Phi) is 3.61. The largest absolute Gasteiger partial charge is 0.476 e. The van der Waals surface area contributed by atoms with Crippen LogP contribution < -0.4 is 5.32 Å². The lowest BCUT2D eigenvalue weighted by Gasteiger charge is -2.28. The SMILES string of the molecule is CCc1ccccc1C1(C)NC(C(=O)O)=C(C(F)(F)F)O1. The number of hydrogen-bond acceptors (Lipinski definition) is 3. The van der Waals surface area contributed by atoms with Gasteiger partial charge in [-0.05, 0) is 18.9 Å². The molecule has 0 amide bonds. The van der Waals surface area contributed by atoms with Crippen LogP contribution in [0.1, 0.15) is 25.0 Å². The van der Waals surface area contributed by atoms with Gasteiger partial charge in [-0.25, -0.2) is 4.79 Å². The summed E-state index contributed by atoms with van der Waals surface area (Å²) >= 11 is 0. The van der Waals surface area contributed by atoms with Gasteiger partial charge in [-0.2, -0.15) is 13.2 Å². The van der Waals surface area contributed by atoms with E-state index < -0.39 is 29.3 Å². The first kappa shape index (κ1) is 15.2. The molecule has 1 heterocycles. The van der Waals surface area contributed by atoms with E-state index in [1.807, 2.05) is 6.92 Å². The summed E-state index contributed by atoms with van der Waals surface area (Å²) < 4.78 is 43.8. The number of rotatable bonds is 3. The molecule has 0 radical (unpaired) electrons. The Morgan fingerprint density at radius 2 is 2.00 bits per heavy atom. The molecule has 21 heavy (non-hydrogen) atoms. The zero-order valence-corrected chi connectivity index (χ0v) is 11.4. The maximum Gasteiger partial charge on any atom is 0.451 e. The molecule has 0 aromatic heterocycles. The summed E-state index contributed by atoms with van der Waals surface area (Å²) in [6.45, 7) is 3.23. The van der Waals surface area contributed by atoms with Crippen LogP contribution in [0.25, 0.3) is 0 Å². The van der Waals surface area contributed by atoms with Gasteiger partial charge in [-0.15, -0.1) is 0 Å². The summed E-state index contributed by atoms with van der Waals surface area (Å²) in [5.41, 5.74) is -1.28. The average molecular weight is 301 g/mol. The average Bonchev–Trinajstić information content (AvgIpc) is 2.78. The Hall–Kier alpha value is -2.18. The molecule has 1 atom stereocenters. The number of hydrogen-bond donors (Lipinski definition) is 2. The highest BCUT2D eigenvalue weighted by Gasteiger charge is 2.51. The second-order valence-corrected chi connectivity index (χ2v) is 4.78. The fourth-order valence-electron chi connectivity index (χ4n) is 2.34. The van der Waals surface area contributed by atoms with Crippen LogP contribution >= 0.6 is 0 Å². The van der Waals surface area contributed by atoms with Crippen molar-refractivity contribution in [3.8, 4) is 0 Å². The van der Waals surface area contributed by atoms with Gasteiger partial charge in [0, 0.05) is 5.56 Å². The van der Waals surface area contributed by atoms with Gasteiger partial charge in [-0.1, -0.05) is 31.2 Å².